The molecule has 5 heteroatoms. The predicted octanol–water partition coefficient (Wildman–Crippen LogP) is 1.98. The van der Waals surface area contributed by atoms with Crippen LogP contribution in [0.3, 0.4) is 0 Å². The zero-order chi connectivity index (χ0) is 14.5. The molecule has 114 valence electrons. The lowest BCUT2D eigenvalue weighted by Crippen LogP contribution is -2.21. The van der Waals surface area contributed by atoms with E-state index in [4.69, 9.17) is 13.9 Å². The van der Waals surface area contributed by atoms with Crippen LogP contribution < -0.4 is 5.32 Å². The molecule has 4 atom stereocenters. The summed E-state index contributed by atoms with van der Waals surface area (Å²) < 4.78 is 16.7. The minimum absolute atomic E-state index is 0.195. The molecule has 1 aliphatic rings. The van der Waals surface area contributed by atoms with Crippen LogP contribution in [0.25, 0.3) is 0 Å². The summed E-state index contributed by atoms with van der Waals surface area (Å²) >= 11 is 0. The Labute approximate surface area is 121 Å². The van der Waals surface area contributed by atoms with Crippen molar-refractivity contribution in [3.05, 3.63) is 17.8 Å². The van der Waals surface area contributed by atoms with E-state index in [2.05, 4.69) is 31.1 Å². The highest BCUT2D eigenvalue weighted by Crippen LogP contribution is 2.39. The zero-order valence-electron chi connectivity index (χ0n) is 12.9. The Hall–Kier alpha value is -0.910. The summed E-state index contributed by atoms with van der Waals surface area (Å²) in [7, 11) is 1.70. The van der Waals surface area contributed by atoms with Gasteiger partial charge in [0.05, 0.1) is 25.0 Å². The maximum Gasteiger partial charge on any atom is 0.195 e. The van der Waals surface area contributed by atoms with Crippen molar-refractivity contribution >= 4 is 0 Å². The van der Waals surface area contributed by atoms with E-state index in [9.17, 15) is 0 Å². The van der Waals surface area contributed by atoms with Crippen LogP contribution in [-0.4, -0.2) is 44.0 Å². The van der Waals surface area contributed by atoms with Crippen molar-refractivity contribution in [2.45, 2.75) is 45.3 Å². The first-order valence-electron chi connectivity index (χ1n) is 7.43. The van der Waals surface area contributed by atoms with Crippen molar-refractivity contribution in [1.29, 1.82) is 0 Å². The molecule has 0 saturated carbocycles. The maximum atomic E-state index is 5.90. The molecule has 0 amide bonds. The van der Waals surface area contributed by atoms with Crippen LogP contribution in [0.15, 0.2) is 10.6 Å². The van der Waals surface area contributed by atoms with E-state index in [-0.39, 0.29) is 12.2 Å². The molecule has 2 rings (SSSR count). The zero-order valence-corrected chi connectivity index (χ0v) is 12.9. The Morgan fingerprint density at radius 3 is 2.70 bits per heavy atom. The molecule has 0 radical (unpaired) electrons. The van der Waals surface area contributed by atoms with Gasteiger partial charge in [0.15, 0.2) is 5.89 Å². The lowest BCUT2D eigenvalue weighted by Gasteiger charge is -2.14. The van der Waals surface area contributed by atoms with Crippen LogP contribution in [0.5, 0.6) is 0 Å². The molecule has 0 aromatic carbocycles. The Balaban J connectivity index is 1.86. The van der Waals surface area contributed by atoms with Crippen molar-refractivity contribution in [2.75, 3.05) is 26.8 Å². The van der Waals surface area contributed by atoms with Gasteiger partial charge < -0.3 is 19.2 Å². The summed E-state index contributed by atoms with van der Waals surface area (Å²) in [6.45, 7) is 8.88. The standard InChI is InChI=1S/C15H26N2O3/c1-10-11(2)19-12(3)15(10)13-9-17-14(20-13)5-6-16-7-8-18-4/h9-12,15-16H,5-8H2,1-4H3. The van der Waals surface area contributed by atoms with E-state index in [1.54, 1.807) is 7.11 Å². The number of aromatic nitrogens is 1. The van der Waals surface area contributed by atoms with Crippen LogP contribution in [-0.2, 0) is 15.9 Å². The highest BCUT2D eigenvalue weighted by molar-refractivity contribution is 5.09. The van der Waals surface area contributed by atoms with Crippen molar-refractivity contribution in [1.82, 2.24) is 10.3 Å². The first-order chi connectivity index (χ1) is 9.63. The Bertz CT molecular complexity index is 408. The third kappa shape index (κ3) is 3.59. The van der Waals surface area contributed by atoms with Crippen molar-refractivity contribution in [2.24, 2.45) is 5.92 Å². The molecule has 1 aliphatic heterocycles. The Kier molecular flexibility index (Phi) is 5.57. The third-order valence-electron chi connectivity index (χ3n) is 4.14. The van der Waals surface area contributed by atoms with Gasteiger partial charge in [-0.2, -0.15) is 0 Å². The Morgan fingerprint density at radius 2 is 2.05 bits per heavy atom. The van der Waals surface area contributed by atoms with E-state index in [1.807, 2.05) is 6.20 Å². The SMILES string of the molecule is COCCNCCc1ncc(C2C(C)OC(C)C2C)o1. The monoisotopic (exact) mass is 282 g/mol. The van der Waals surface area contributed by atoms with Gasteiger partial charge in [-0.1, -0.05) is 6.92 Å². The molecule has 0 spiro atoms. The molecule has 0 aliphatic carbocycles. The largest absolute Gasteiger partial charge is 0.445 e. The second-order valence-corrected chi connectivity index (χ2v) is 5.58. The van der Waals surface area contributed by atoms with Crippen LogP contribution in [0.4, 0.5) is 0 Å². The fourth-order valence-electron chi connectivity index (χ4n) is 2.85. The van der Waals surface area contributed by atoms with Crippen LogP contribution in [0.2, 0.25) is 0 Å². The molecular weight excluding hydrogens is 256 g/mol. The smallest absolute Gasteiger partial charge is 0.195 e. The number of rotatable bonds is 7. The first-order valence-corrected chi connectivity index (χ1v) is 7.43. The van der Waals surface area contributed by atoms with Crippen molar-refractivity contribution < 1.29 is 13.9 Å². The van der Waals surface area contributed by atoms with Crippen LogP contribution in [0, 0.1) is 5.92 Å². The third-order valence-corrected chi connectivity index (χ3v) is 4.14. The molecular formula is C15H26N2O3. The quantitative estimate of drug-likeness (QED) is 0.775. The van der Waals surface area contributed by atoms with Gasteiger partial charge >= 0.3 is 0 Å². The fourth-order valence-corrected chi connectivity index (χ4v) is 2.85. The molecule has 20 heavy (non-hydrogen) atoms. The molecule has 2 heterocycles. The highest BCUT2D eigenvalue weighted by atomic mass is 16.5. The van der Waals surface area contributed by atoms with Crippen molar-refractivity contribution in [3.63, 3.8) is 0 Å². The lowest BCUT2D eigenvalue weighted by atomic mass is 9.88. The molecule has 1 N–H and O–H groups in total. The number of methoxy groups -OCH3 is 1. The maximum absolute atomic E-state index is 5.90. The van der Waals surface area contributed by atoms with E-state index in [0.29, 0.717) is 11.8 Å². The topological polar surface area (TPSA) is 56.5 Å². The minimum Gasteiger partial charge on any atom is -0.445 e. The van der Waals surface area contributed by atoms with Gasteiger partial charge in [-0.25, -0.2) is 4.98 Å². The molecule has 1 aromatic rings. The summed E-state index contributed by atoms with van der Waals surface area (Å²) in [5.41, 5.74) is 0. The van der Waals surface area contributed by atoms with E-state index in [0.717, 1.165) is 37.8 Å². The molecule has 1 saturated heterocycles. The average Bonchev–Trinajstić information content (AvgIpc) is 2.95. The molecule has 0 bridgehead atoms. The van der Waals surface area contributed by atoms with Crippen LogP contribution in [0.1, 0.15) is 38.3 Å². The summed E-state index contributed by atoms with van der Waals surface area (Å²) in [5, 5.41) is 3.29. The number of ether oxygens (including phenoxy) is 2. The highest BCUT2D eigenvalue weighted by Gasteiger charge is 2.40. The van der Waals surface area contributed by atoms with E-state index in [1.165, 1.54) is 0 Å². The predicted molar refractivity (Wildman–Crippen MR) is 76.9 cm³/mol. The van der Waals surface area contributed by atoms with Crippen LogP contribution >= 0.6 is 0 Å². The van der Waals surface area contributed by atoms with Crippen molar-refractivity contribution in [3.8, 4) is 0 Å². The lowest BCUT2D eigenvalue weighted by molar-refractivity contribution is 0.0547. The molecule has 1 fully saturated rings. The first kappa shape index (κ1) is 15.5. The van der Waals surface area contributed by atoms with Gasteiger partial charge in [0.1, 0.15) is 5.76 Å². The number of hydrogen-bond donors (Lipinski definition) is 1. The number of nitrogens with one attached hydrogen (secondary N) is 1. The van der Waals surface area contributed by atoms with E-state index < -0.39 is 0 Å². The molecule has 5 nitrogen and oxygen atoms in total. The minimum atomic E-state index is 0.195. The number of oxazole rings is 1. The van der Waals surface area contributed by atoms with Gasteiger partial charge in [0, 0.05) is 32.5 Å². The van der Waals surface area contributed by atoms with Gasteiger partial charge in [-0.15, -0.1) is 0 Å². The summed E-state index contributed by atoms with van der Waals surface area (Å²) in [6.07, 6.45) is 3.14. The molecule has 4 unspecified atom stereocenters. The average molecular weight is 282 g/mol. The second-order valence-electron chi connectivity index (χ2n) is 5.58. The van der Waals surface area contributed by atoms with Gasteiger partial charge in [0.2, 0.25) is 0 Å². The normalized spacial score (nSPS) is 30.0. The summed E-state index contributed by atoms with van der Waals surface area (Å²) in [5.74, 6) is 2.53. The molecule has 1 aromatic heterocycles. The van der Waals surface area contributed by atoms with Gasteiger partial charge in [-0.05, 0) is 19.8 Å². The number of hydrogen-bond acceptors (Lipinski definition) is 5. The summed E-state index contributed by atoms with van der Waals surface area (Å²) in [6, 6.07) is 0. The van der Waals surface area contributed by atoms with Gasteiger partial charge in [-0.3, -0.25) is 0 Å². The Morgan fingerprint density at radius 1 is 1.25 bits per heavy atom. The number of nitrogens with zero attached hydrogens (tertiary/aromatic N) is 1. The second kappa shape index (κ2) is 7.20. The van der Waals surface area contributed by atoms with Gasteiger partial charge in [0.25, 0.3) is 0 Å². The van der Waals surface area contributed by atoms with E-state index >= 15 is 0 Å². The fraction of sp³-hybridized carbons (Fsp3) is 0.800. The summed E-state index contributed by atoms with van der Waals surface area (Å²) in [4.78, 5) is 4.38.